The first-order valence-electron chi connectivity index (χ1n) is 9.76. The second kappa shape index (κ2) is 12.5. The van der Waals surface area contributed by atoms with Gasteiger partial charge >= 0.3 is 6.18 Å². The minimum absolute atomic E-state index is 0.0878. The van der Waals surface area contributed by atoms with Crippen LogP contribution >= 0.6 is 11.8 Å². The van der Waals surface area contributed by atoms with Crippen molar-refractivity contribution in [2.45, 2.75) is 18.3 Å². The predicted molar refractivity (Wildman–Crippen MR) is 117 cm³/mol. The summed E-state index contributed by atoms with van der Waals surface area (Å²) in [5.74, 6) is 0.455. The van der Waals surface area contributed by atoms with Gasteiger partial charge in [0, 0.05) is 12.3 Å². The molecule has 0 bridgehead atoms. The minimum Gasteiger partial charge on any atom is -0.316 e. The maximum Gasteiger partial charge on any atom is 0.416 e. The quantitative estimate of drug-likeness (QED) is 0.302. The molecule has 0 radical (unpaired) electrons. The van der Waals surface area contributed by atoms with Crippen molar-refractivity contribution in [3.63, 3.8) is 0 Å². The normalized spacial score (nSPS) is 11.2. The molecule has 0 fully saturated rings. The van der Waals surface area contributed by atoms with Crippen LogP contribution in [0, 0.1) is 11.6 Å². The molecule has 3 rings (SSSR count). The molecule has 0 aliphatic carbocycles. The second-order valence-corrected chi connectivity index (χ2v) is 7.78. The van der Waals surface area contributed by atoms with Gasteiger partial charge in [-0.05, 0) is 41.9 Å². The fourth-order valence-corrected chi connectivity index (χ4v) is 3.91. The first-order chi connectivity index (χ1) is 14.8. The SMILES string of the molecule is CCNCCSC(c1ccc(F)cc1)c1ccc(F)cc1.FC(F)(F)c1ccccc1. The van der Waals surface area contributed by atoms with Crippen LogP contribution in [0.2, 0.25) is 0 Å². The summed E-state index contributed by atoms with van der Waals surface area (Å²) < 4.78 is 61.5. The van der Waals surface area contributed by atoms with E-state index in [-0.39, 0.29) is 16.9 Å². The highest BCUT2D eigenvalue weighted by Gasteiger charge is 2.29. The number of hydrogen-bond donors (Lipinski definition) is 1. The molecule has 0 aromatic heterocycles. The third kappa shape index (κ3) is 8.71. The fraction of sp³-hybridized carbons (Fsp3) is 0.250. The van der Waals surface area contributed by atoms with Crippen LogP contribution in [0.3, 0.4) is 0 Å². The molecule has 1 nitrogen and oxygen atoms in total. The van der Waals surface area contributed by atoms with Gasteiger partial charge in [-0.3, -0.25) is 0 Å². The van der Waals surface area contributed by atoms with Gasteiger partial charge in [-0.25, -0.2) is 8.78 Å². The van der Waals surface area contributed by atoms with Gasteiger partial charge in [0.15, 0.2) is 0 Å². The molecule has 0 aliphatic heterocycles. The van der Waals surface area contributed by atoms with Crippen molar-refractivity contribution < 1.29 is 22.0 Å². The van der Waals surface area contributed by atoms with Gasteiger partial charge in [0.05, 0.1) is 10.8 Å². The summed E-state index contributed by atoms with van der Waals surface area (Å²) in [7, 11) is 0. The molecule has 0 saturated carbocycles. The number of thioether (sulfide) groups is 1. The Labute approximate surface area is 183 Å². The Morgan fingerprint density at radius 3 is 1.65 bits per heavy atom. The lowest BCUT2D eigenvalue weighted by Gasteiger charge is -2.18. The van der Waals surface area contributed by atoms with Crippen LogP contribution in [0.25, 0.3) is 0 Å². The standard InChI is InChI=1S/C17H19F2NS.C7H5F3/c1-2-20-11-12-21-17(13-3-7-15(18)8-4-13)14-5-9-16(19)10-6-14;8-7(9,10)6-4-2-1-3-5-6/h3-10,17,20H,2,11-12H2,1H3;1-5H. The van der Waals surface area contributed by atoms with E-state index in [9.17, 15) is 22.0 Å². The number of halogens is 5. The topological polar surface area (TPSA) is 12.0 Å². The second-order valence-electron chi connectivity index (χ2n) is 6.57. The molecule has 0 amide bonds. The molecular weight excluding hydrogens is 429 g/mol. The largest absolute Gasteiger partial charge is 0.416 e. The van der Waals surface area contributed by atoms with Crippen LogP contribution in [-0.2, 0) is 6.18 Å². The van der Waals surface area contributed by atoms with Crippen LogP contribution in [0.1, 0.15) is 28.9 Å². The molecule has 0 saturated heterocycles. The van der Waals surface area contributed by atoms with E-state index >= 15 is 0 Å². The summed E-state index contributed by atoms with van der Waals surface area (Å²) in [6, 6.07) is 19.4. The molecule has 0 aliphatic rings. The summed E-state index contributed by atoms with van der Waals surface area (Å²) in [6.45, 7) is 3.93. The van der Waals surface area contributed by atoms with Gasteiger partial charge in [-0.2, -0.15) is 13.2 Å². The van der Waals surface area contributed by atoms with Gasteiger partial charge in [-0.15, -0.1) is 11.8 Å². The molecule has 0 atom stereocenters. The van der Waals surface area contributed by atoms with E-state index in [2.05, 4.69) is 12.2 Å². The molecule has 3 aromatic rings. The summed E-state index contributed by atoms with van der Waals surface area (Å²) in [5.41, 5.74) is 1.46. The predicted octanol–water partition coefficient (Wildman–Crippen LogP) is 7.10. The lowest BCUT2D eigenvalue weighted by atomic mass is 10.0. The zero-order valence-electron chi connectivity index (χ0n) is 17.0. The summed E-state index contributed by atoms with van der Waals surface area (Å²) in [6.07, 6.45) is -4.21. The molecule has 1 N–H and O–H groups in total. The Bertz CT molecular complexity index is 835. The Morgan fingerprint density at radius 1 is 0.774 bits per heavy atom. The molecule has 31 heavy (non-hydrogen) atoms. The maximum absolute atomic E-state index is 13.1. The van der Waals surface area contributed by atoms with Gasteiger partial charge < -0.3 is 5.32 Å². The van der Waals surface area contributed by atoms with Crippen molar-refractivity contribution in [1.29, 1.82) is 0 Å². The van der Waals surface area contributed by atoms with Crippen molar-refractivity contribution in [2.75, 3.05) is 18.8 Å². The Hall–Kier alpha value is -2.38. The van der Waals surface area contributed by atoms with Crippen LogP contribution in [0.4, 0.5) is 22.0 Å². The van der Waals surface area contributed by atoms with Gasteiger partial charge in [0.25, 0.3) is 0 Å². The number of alkyl halides is 3. The van der Waals surface area contributed by atoms with Crippen LogP contribution < -0.4 is 5.32 Å². The highest BCUT2D eigenvalue weighted by atomic mass is 32.2. The van der Waals surface area contributed by atoms with Crippen LogP contribution in [0.15, 0.2) is 78.9 Å². The number of hydrogen-bond acceptors (Lipinski definition) is 2. The van der Waals surface area contributed by atoms with Crippen LogP contribution in [0.5, 0.6) is 0 Å². The van der Waals surface area contributed by atoms with Crippen molar-refractivity contribution in [3.8, 4) is 0 Å². The van der Waals surface area contributed by atoms with E-state index in [0.717, 1.165) is 42.1 Å². The number of nitrogens with one attached hydrogen (secondary N) is 1. The Balaban J connectivity index is 0.000000285. The molecule has 3 aromatic carbocycles. The van der Waals surface area contributed by atoms with Gasteiger partial charge in [0.2, 0.25) is 0 Å². The minimum atomic E-state index is -4.21. The summed E-state index contributed by atoms with van der Waals surface area (Å²) in [5, 5.41) is 3.37. The molecule has 7 heteroatoms. The third-order valence-corrected chi connectivity index (χ3v) is 5.58. The monoisotopic (exact) mass is 453 g/mol. The molecule has 166 valence electrons. The number of rotatable bonds is 7. The lowest BCUT2D eigenvalue weighted by Crippen LogP contribution is -2.16. The van der Waals surface area contributed by atoms with E-state index in [0.29, 0.717) is 0 Å². The van der Waals surface area contributed by atoms with E-state index < -0.39 is 11.7 Å². The van der Waals surface area contributed by atoms with Crippen molar-refractivity contribution in [1.82, 2.24) is 5.32 Å². The highest BCUT2D eigenvalue weighted by molar-refractivity contribution is 7.99. The zero-order valence-corrected chi connectivity index (χ0v) is 17.8. The summed E-state index contributed by atoms with van der Waals surface area (Å²) in [4.78, 5) is 0. The Kier molecular flexibility index (Phi) is 10.0. The molecule has 0 unspecified atom stereocenters. The highest BCUT2D eigenvalue weighted by Crippen LogP contribution is 2.35. The average molecular weight is 454 g/mol. The van der Waals surface area contributed by atoms with Gasteiger partial charge in [0.1, 0.15) is 11.6 Å². The first-order valence-corrected chi connectivity index (χ1v) is 10.8. The smallest absolute Gasteiger partial charge is 0.316 e. The fourth-order valence-electron chi connectivity index (χ4n) is 2.71. The Morgan fingerprint density at radius 2 is 1.26 bits per heavy atom. The molecular formula is C24H24F5NS. The molecule has 0 spiro atoms. The van der Waals surface area contributed by atoms with Crippen molar-refractivity contribution in [2.24, 2.45) is 0 Å². The maximum atomic E-state index is 13.1. The zero-order chi connectivity index (χ0) is 22.7. The molecule has 0 heterocycles. The van der Waals surface area contributed by atoms with Crippen molar-refractivity contribution in [3.05, 3.63) is 107 Å². The van der Waals surface area contributed by atoms with Gasteiger partial charge in [-0.1, -0.05) is 61.5 Å². The van der Waals surface area contributed by atoms with Crippen LogP contribution in [-0.4, -0.2) is 18.8 Å². The van der Waals surface area contributed by atoms with E-state index in [1.165, 1.54) is 36.4 Å². The third-order valence-electron chi connectivity index (χ3n) is 4.26. The average Bonchev–Trinajstić information content (AvgIpc) is 2.76. The van der Waals surface area contributed by atoms with E-state index in [1.807, 2.05) is 0 Å². The summed E-state index contributed by atoms with van der Waals surface area (Å²) >= 11 is 1.77. The van der Waals surface area contributed by atoms with E-state index in [4.69, 9.17) is 0 Å². The van der Waals surface area contributed by atoms with E-state index in [1.54, 1.807) is 42.1 Å². The number of benzene rings is 3. The van der Waals surface area contributed by atoms with Crippen molar-refractivity contribution >= 4 is 11.8 Å². The lowest BCUT2D eigenvalue weighted by molar-refractivity contribution is -0.137. The first kappa shape index (κ1) is 24.9.